The van der Waals surface area contributed by atoms with Crippen LogP contribution < -0.4 is 15.0 Å². The van der Waals surface area contributed by atoms with Crippen molar-refractivity contribution in [3.8, 4) is 5.75 Å². The molecular weight excluding hydrogens is 403 g/mol. The first-order valence-corrected chi connectivity index (χ1v) is 10.8. The predicted molar refractivity (Wildman–Crippen MR) is 118 cm³/mol. The van der Waals surface area contributed by atoms with Crippen LogP contribution in [-0.4, -0.2) is 62.2 Å². The van der Waals surface area contributed by atoms with Gasteiger partial charge in [0.25, 0.3) is 5.91 Å². The number of ether oxygens (including phenoxy) is 1. The molecule has 0 radical (unpaired) electrons. The summed E-state index contributed by atoms with van der Waals surface area (Å²) in [6.45, 7) is 6.86. The highest BCUT2D eigenvalue weighted by atomic mass is 32.1. The molecule has 1 fully saturated rings. The molecule has 4 rings (SSSR count). The van der Waals surface area contributed by atoms with Gasteiger partial charge >= 0.3 is 0 Å². The van der Waals surface area contributed by atoms with Gasteiger partial charge in [0.2, 0.25) is 0 Å². The molecule has 3 aromatic rings. The van der Waals surface area contributed by atoms with Crippen LogP contribution in [-0.2, 0) is 0 Å². The Morgan fingerprint density at radius 3 is 2.70 bits per heavy atom. The number of benzene rings is 2. The summed E-state index contributed by atoms with van der Waals surface area (Å²) in [5.74, 6) is -0.0563. The quantitative estimate of drug-likeness (QED) is 0.653. The minimum atomic E-state index is -0.494. The fourth-order valence-electron chi connectivity index (χ4n) is 3.63. The molecule has 6 nitrogen and oxygen atoms in total. The summed E-state index contributed by atoms with van der Waals surface area (Å²) < 4.78 is 20.3. The number of amides is 1. The number of nitrogens with zero attached hydrogens (tertiary/aromatic N) is 3. The molecule has 1 amide bonds. The average molecular weight is 429 g/mol. The topological polar surface area (TPSA) is 57.7 Å². The van der Waals surface area contributed by atoms with Crippen molar-refractivity contribution in [2.24, 2.45) is 0 Å². The molecule has 2 heterocycles. The maximum absolute atomic E-state index is 13.7. The zero-order chi connectivity index (χ0) is 21.1. The number of hydrogen-bond donors (Lipinski definition) is 1. The van der Waals surface area contributed by atoms with E-state index < -0.39 is 5.82 Å². The molecule has 2 aromatic carbocycles. The molecule has 1 aromatic heterocycles. The van der Waals surface area contributed by atoms with E-state index in [9.17, 15) is 9.18 Å². The summed E-state index contributed by atoms with van der Waals surface area (Å²) >= 11 is 1.71. The third kappa shape index (κ3) is 4.24. The molecule has 158 valence electrons. The second-order valence-corrected chi connectivity index (χ2v) is 8.30. The van der Waals surface area contributed by atoms with E-state index in [2.05, 4.69) is 28.1 Å². The highest BCUT2D eigenvalue weighted by Crippen LogP contribution is 2.36. The number of hydrogen-bond acceptors (Lipinski definition) is 6. The molecule has 0 aliphatic carbocycles. The lowest BCUT2D eigenvalue weighted by molar-refractivity contribution is 0.0943. The Balaban J connectivity index is 1.30. The summed E-state index contributed by atoms with van der Waals surface area (Å²) in [5.41, 5.74) is 2.22. The zero-order valence-electron chi connectivity index (χ0n) is 17.2. The second kappa shape index (κ2) is 8.97. The number of aryl methyl sites for hydroxylation is 1. The van der Waals surface area contributed by atoms with E-state index in [1.165, 1.54) is 22.4 Å². The summed E-state index contributed by atoms with van der Waals surface area (Å²) in [6, 6.07) is 10.1. The number of nitrogens with one attached hydrogen (secondary N) is 1. The lowest BCUT2D eigenvalue weighted by atomic mass is 10.2. The lowest BCUT2D eigenvalue weighted by Crippen LogP contribution is -2.48. The average Bonchev–Trinajstić information content (AvgIpc) is 3.21. The maximum atomic E-state index is 13.7. The van der Waals surface area contributed by atoms with Gasteiger partial charge in [-0.3, -0.25) is 9.69 Å². The summed E-state index contributed by atoms with van der Waals surface area (Å²) in [4.78, 5) is 21.5. The van der Waals surface area contributed by atoms with Gasteiger partial charge in [0.1, 0.15) is 17.1 Å². The predicted octanol–water partition coefficient (Wildman–Crippen LogP) is 3.30. The molecule has 0 atom stereocenters. The highest BCUT2D eigenvalue weighted by Gasteiger charge is 2.21. The minimum absolute atomic E-state index is 0.0869. The molecule has 30 heavy (non-hydrogen) atoms. The zero-order valence-corrected chi connectivity index (χ0v) is 18.0. The maximum Gasteiger partial charge on any atom is 0.254 e. The van der Waals surface area contributed by atoms with Gasteiger partial charge in [-0.05, 0) is 30.7 Å². The Morgan fingerprint density at radius 1 is 1.20 bits per heavy atom. The van der Waals surface area contributed by atoms with Crippen LogP contribution in [0.4, 0.5) is 9.52 Å². The second-order valence-electron chi connectivity index (χ2n) is 7.32. The molecule has 0 bridgehead atoms. The number of fused-ring (bicyclic) bond motifs is 1. The summed E-state index contributed by atoms with van der Waals surface area (Å²) in [7, 11) is 1.67. The van der Waals surface area contributed by atoms with Crippen LogP contribution in [0.2, 0.25) is 0 Å². The van der Waals surface area contributed by atoms with E-state index in [1.807, 2.05) is 6.07 Å². The van der Waals surface area contributed by atoms with E-state index in [1.54, 1.807) is 30.6 Å². The fraction of sp³-hybridized carbons (Fsp3) is 0.364. The van der Waals surface area contributed by atoms with Gasteiger partial charge in [-0.1, -0.05) is 29.5 Å². The van der Waals surface area contributed by atoms with Crippen LogP contribution in [0.5, 0.6) is 5.75 Å². The standard InChI is InChI=1S/C22H25FN4O2S/c1-15-7-8-18(29-2)19-20(15)30-22(25-19)27-13-11-26(12-14-27)10-9-24-21(28)16-5-3-4-6-17(16)23/h3-8H,9-14H2,1-2H3,(H,24,28). The van der Waals surface area contributed by atoms with Gasteiger partial charge in [0, 0.05) is 39.3 Å². The van der Waals surface area contributed by atoms with E-state index in [-0.39, 0.29) is 11.5 Å². The van der Waals surface area contributed by atoms with Gasteiger partial charge in [0.15, 0.2) is 5.13 Å². The number of anilines is 1. The first-order chi connectivity index (χ1) is 14.6. The van der Waals surface area contributed by atoms with Gasteiger partial charge in [-0.15, -0.1) is 0 Å². The summed E-state index contributed by atoms with van der Waals surface area (Å²) in [6.07, 6.45) is 0. The number of methoxy groups -OCH3 is 1. The van der Waals surface area contributed by atoms with Gasteiger partial charge in [-0.2, -0.15) is 0 Å². The van der Waals surface area contributed by atoms with Gasteiger partial charge in [0.05, 0.1) is 17.4 Å². The van der Waals surface area contributed by atoms with Crippen LogP contribution in [0.1, 0.15) is 15.9 Å². The SMILES string of the molecule is COc1ccc(C)c2sc(N3CCN(CCNC(=O)c4ccccc4F)CC3)nc12. The molecule has 8 heteroatoms. The minimum Gasteiger partial charge on any atom is -0.494 e. The number of carbonyl (C=O) groups excluding carboxylic acids is 1. The van der Waals surface area contributed by atoms with Crippen molar-refractivity contribution >= 4 is 32.6 Å². The largest absolute Gasteiger partial charge is 0.494 e. The number of halogens is 1. The Bertz CT molecular complexity index is 1050. The first kappa shape index (κ1) is 20.6. The van der Waals surface area contributed by atoms with Crippen molar-refractivity contribution < 1.29 is 13.9 Å². The third-order valence-electron chi connectivity index (χ3n) is 5.39. The van der Waals surface area contributed by atoms with Crippen molar-refractivity contribution in [3.05, 3.63) is 53.3 Å². The van der Waals surface area contributed by atoms with Crippen molar-refractivity contribution in [2.45, 2.75) is 6.92 Å². The molecule has 1 N–H and O–H groups in total. The Labute approximate surface area is 179 Å². The highest BCUT2D eigenvalue weighted by molar-refractivity contribution is 7.22. The van der Waals surface area contributed by atoms with Crippen molar-refractivity contribution in [1.82, 2.24) is 15.2 Å². The molecule has 0 spiro atoms. The lowest BCUT2D eigenvalue weighted by Gasteiger charge is -2.34. The Morgan fingerprint density at radius 2 is 1.97 bits per heavy atom. The van der Waals surface area contributed by atoms with E-state index >= 15 is 0 Å². The first-order valence-electron chi connectivity index (χ1n) is 10.0. The Kier molecular flexibility index (Phi) is 6.15. The van der Waals surface area contributed by atoms with Gasteiger partial charge < -0.3 is 15.0 Å². The molecule has 1 aliphatic rings. The molecular formula is C22H25FN4O2S. The van der Waals surface area contributed by atoms with Crippen molar-refractivity contribution in [3.63, 3.8) is 0 Å². The number of carbonyl (C=O) groups is 1. The van der Waals surface area contributed by atoms with Crippen LogP contribution in [0.15, 0.2) is 36.4 Å². The number of piperazine rings is 1. The molecule has 0 saturated carbocycles. The normalized spacial score (nSPS) is 14.8. The third-order valence-corrected chi connectivity index (χ3v) is 6.64. The number of aromatic nitrogens is 1. The van der Waals surface area contributed by atoms with Crippen LogP contribution in [0.3, 0.4) is 0 Å². The molecule has 1 aliphatic heterocycles. The Hall–Kier alpha value is -2.71. The van der Waals surface area contributed by atoms with E-state index in [4.69, 9.17) is 9.72 Å². The summed E-state index contributed by atoms with van der Waals surface area (Å²) in [5, 5.41) is 3.83. The smallest absolute Gasteiger partial charge is 0.254 e. The van der Waals surface area contributed by atoms with Crippen LogP contribution >= 0.6 is 11.3 Å². The van der Waals surface area contributed by atoms with Crippen LogP contribution in [0.25, 0.3) is 10.2 Å². The monoisotopic (exact) mass is 428 g/mol. The fourth-order valence-corrected chi connectivity index (χ4v) is 4.73. The van der Waals surface area contributed by atoms with E-state index in [0.29, 0.717) is 6.54 Å². The van der Waals surface area contributed by atoms with E-state index in [0.717, 1.165) is 49.1 Å². The van der Waals surface area contributed by atoms with Crippen LogP contribution in [0, 0.1) is 12.7 Å². The number of thiazole rings is 1. The van der Waals surface area contributed by atoms with Crippen molar-refractivity contribution in [1.29, 1.82) is 0 Å². The van der Waals surface area contributed by atoms with Crippen molar-refractivity contribution in [2.75, 3.05) is 51.3 Å². The molecule has 1 saturated heterocycles. The van der Waals surface area contributed by atoms with Gasteiger partial charge in [-0.25, -0.2) is 9.37 Å². The number of rotatable bonds is 6. The molecule has 0 unspecified atom stereocenters.